The van der Waals surface area contributed by atoms with Gasteiger partial charge < -0.3 is 20.1 Å². The van der Waals surface area contributed by atoms with Gasteiger partial charge in [0.1, 0.15) is 18.2 Å². The van der Waals surface area contributed by atoms with Crippen LogP contribution in [0.3, 0.4) is 0 Å². The molecule has 124 valence electrons. The zero-order valence-electron chi connectivity index (χ0n) is 13.1. The number of rotatable bonds is 3. The molecule has 8 heteroatoms. The van der Waals surface area contributed by atoms with Gasteiger partial charge in [-0.1, -0.05) is 0 Å². The van der Waals surface area contributed by atoms with E-state index < -0.39 is 0 Å². The van der Waals surface area contributed by atoms with E-state index in [-0.39, 0.29) is 6.10 Å². The molecule has 23 heavy (non-hydrogen) atoms. The normalized spacial score (nSPS) is 25.7. The maximum Gasteiger partial charge on any atom is 0.321 e. The lowest BCUT2D eigenvalue weighted by atomic mass is 9.94. The van der Waals surface area contributed by atoms with E-state index in [1.54, 1.807) is 4.52 Å². The van der Waals surface area contributed by atoms with Crippen molar-refractivity contribution < 1.29 is 9.47 Å². The molecule has 0 aromatic carbocycles. The number of ether oxygens (including phenoxy) is 2. The van der Waals surface area contributed by atoms with E-state index in [1.807, 2.05) is 6.07 Å². The molecule has 4 rings (SSSR count). The average molecular weight is 318 g/mol. The topological polar surface area (TPSA) is 90.8 Å². The molecule has 3 heterocycles. The minimum atomic E-state index is 0.148. The van der Waals surface area contributed by atoms with Crippen LogP contribution < -0.4 is 15.4 Å². The Balaban J connectivity index is 1.60. The summed E-state index contributed by atoms with van der Waals surface area (Å²) in [5, 5.41) is 4.24. The van der Waals surface area contributed by atoms with Crippen molar-refractivity contribution in [3.8, 4) is 6.01 Å². The highest BCUT2D eigenvalue weighted by atomic mass is 16.5. The summed E-state index contributed by atoms with van der Waals surface area (Å²) in [6.07, 6.45) is 5.59. The number of anilines is 1. The Morgan fingerprint density at radius 1 is 1.17 bits per heavy atom. The van der Waals surface area contributed by atoms with Crippen molar-refractivity contribution in [2.45, 2.75) is 37.8 Å². The second-order valence-electron chi connectivity index (χ2n) is 6.18. The standard InChI is InChI=1S/C15H22N6O2/c16-11-1-3-12(4-2-11)23-15-19-14(20-5-7-22-8-6-20)9-13-17-10-18-21(13)15/h9-12H,1-8,16H2. The van der Waals surface area contributed by atoms with Crippen LogP contribution in [-0.4, -0.2) is 58.0 Å². The molecule has 1 saturated heterocycles. The van der Waals surface area contributed by atoms with Crippen molar-refractivity contribution >= 4 is 11.5 Å². The zero-order chi connectivity index (χ0) is 15.6. The first-order valence-corrected chi connectivity index (χ1v) is 8.25. The van der Waals surface area contributed by atoms with Crippen LogP contribution in [0.2, 0.25) is 0 Å². The SMILES string of the molecule is NC1CCC(Oc2nc(N3CCOCC3)cc3ncnn23)CC1. The molecule has 2 N–H and O–H groups in total. The quantitative estimate of drug-likeness (QED) is 0.886. The average Bonchev–Trinajstić information content (AvgIpc) is 3.06. The predicted octanol–water partition coefficient (Wildman–Crippen LogP) is 0.610. The van der Waals surface area contributed by atoms with E-state index in [1.165, 1.54) is 6.33 Å². The molecule has 1 saturated carbocycles. The van der Waals surface area contributed by atoms with Gasteiger partial charge in [0.15, 0.2) is 5.65 Å². The fourth-order valence-corrected chi connectivity index (χ4v) is 3.18. The van der Waals surface area contributed by atoms with Crippen molar-refractivity contribution in [3.05, 3.63) is 12.4 Å². The second-order valence-corrected chi connectivity index (χ2v) is 6.18. The molecule has 1 aliphatic carbocycles. The molecular weight excluding hydrogens is 296 g/mol. The van der Waals surface area contributed by atoms with Crippen molar-refractivity contribution in [2.75, 3.05) is 31.2 Å². The largest absolute Gasteiger partial charge is 0.460 e. The van der Waals surface area contributed by atoms with Crippen molar-refractivity contribution in [2.24, 2.45) is 5.73 Å². The van der Waals surface area contributed by atoms with Crippen LogP contribution in [0.25, 0.3) is 5.65 Å². The van der Waals surface area contributed by atoms with Crippen LogP contribution in [0.5, 0.6) is 6.01 Å². The highest BCUT2D eigenvalue weighted by Gasteiger charge is 2.23. The Bertz CT molecular complexity index is 661. The molecule has 0 amide bonds. The third-order valence-corrected chi connectivity index (χ3v) is 4.55. The highest BCUT2D eigenvalue weighted by Crippen LogP contribution is 2.25. The van der Waals surface area contributed by atoms with Gasteiger partial charge in [-0.15, -0.1) is 0 Å². The minimum absolute atomic E-state index is 0.148. The smallest absolute Gasteiger partial charge is 0.321 e. The number of aromatic nitrogens is 4. The van der Waals surface area contributed by atoms with Crippen LogP contribution in [0.4, 0.5) is 5.82 Å². The third-order valence-electron chi connectivity index (χ3n) is 4.55. The monoisotopic (exact) mass is 318 g/mol. The lowest BCUT2D eigenvalue weighted by Gasteiger charge is -2.29. The number of fused-ring (bicyclic) bond motifs is 1. The Morgan fingerprint density at radius 2 is 1.96 bits per heavy atom. The van der Waals surface area contributed by atoms with Crippen molar-refractivity contribution in [1.29, 1.82) is 0 Å². The number of morpholine rings is 1. The van der Waals surface area contributed by atoms with E-state index >= 15 is 0 Å². The van der Waals surface area contributed by atoms with Crippen LogP contribution in [0.1, 0.15) is 25.7 Å². The summed E-state index contributed by atoms with van der Waals surface area (Å²) in [5.74, 6) is 0.872. The molecule has 0 bridgehead atoms. The summed E-state index contributed by atoms with van der Waals surface area (Å²) in [6.45, 7) is 3.09. The summed E-state index contributed by atoms with van der Waals surface area (Å²) in [7, 11) is 0. The fourth-order valence-electron chi connectivity index (χ4n) is 3.18. The summed E-state index contributed by atoms with van der Waals surface area (Å²) >= 11 is 0. The van der Waals surface area contributed by atoms with E-state index in [9.17, 15) is 0 Å². The fraction of sp³-hybridized carbons (Fsp3) is 0.667. The van der Waals surface area contributed by atoms with E-state index in [0.29, 0.717) is 12.1 Å². The van der Waals surface area contributed by atoms with Gasteiger partial charge in [0.2, 0.25) is 0 Å². The van der Waals surface area contributed by atoms with Gasteiger partial charge in [-0.25, -0.2) is 4.98 Å². The Labute approximate surface area is 134 Å². The van der Waals surface area contributed by atoms with Gasteiger partial charge in [0.25, 0.3) is 0 Å². The van der Waals surface area contributed by atoms with Gasteiger partial charge in [-0.3, -0.25) is 0 Å². The molecule has 2 aliphatic rings. The first-order valence-electron chi connectivity index (χ1n) is 8.25. The maximum atomic E-state index is 6.14. The van der Waals surface area contributed by atoms with E-state index in [2.05, 4.69) is 20.0 Å². The summed E-state index contributed by atoms with van der Waals surface area (Å²) in [4.78, 5) is 11.2. The van der Waals surface area contributed by atoms with Crippen LogP contribution in [0, 0.1) is 0 Å². The molecule has 0 unspecified atom stereocenters. The van der Waals surface area contributed by atoms with E-state index in [4.69, 9.17) is 15.2 Å². The first-order chi connectivity index (χ1) is 11.3. The molecule has 2 aromatic rings. The van der Waals surface area contributed by atoms with Crippen LogP contribution >= 0.6 is 0 Å². The molecule has 0 spiro atoms. The second kappa shape index (κ2) is 6.29. The van der Waals surface area contributed by atoms with Gasteiger partial charge in [0, 0.05) is 25.2 Å². The molecule has 2 fully saturated rings. The molecule has 0 radical (unpaired) electrons. The summed E-state index contributed by atoms with van der Waals surface area (Å²) in [5.41, 5.74) is 6.72. The number of hydrogen-bond donors (Lipinski definition) is 1. The van der Waals surface area contributed by atoms with Gasteiger partial charge in [-0.05, 0) is 25.7 Å². The predicted molar refractivity (Wildman–Crippen MR) is 84.7 cm³/mol. The molecule has 8 nitrogen and oxygen atoms in total. The van der Waals surface area contributed by atoms with Gasteiger partial charge >= 0.3 is 6.01 Å². The lowest BCUT2D eigenvalue weighted by molar-refractivity contribution is 0.121. The molecule has 2 aromatic heterocycles. The van der Waals surface area contributed by atoms with Gasteiger partial charge in [0.05, 0.1) is 13.2 Å². The van der Waals surface area contributed by atoms with E-state index in [0.717, 1.165) is 63.5 Å². The Kier molecular flexibility index (Phi) is 4.00. The summed E-state index contributed by atoms with van der Waals surface area (Å²) in [6, 6.07) is 2.76. The first kappa shape index (κ1) is 14.6. The Morgan fingerprint density at radius 3 is 2.74 bits per heavy atom. The lowest BCUT2D eigenvalue weighted by Crippen LogP contribution is -2.37. The zero-order valence-corrected chi connectivity index (χ0v) is 13.1. The number of nitrogens with zero attached hydrogens (tertiary/aromatic N) is 5. The van der Waals surface area contributed by atoms with Crippen LogP contribution in [0.15, 0.2) is 12.4 Å². The third kappa shape index (κ3) is 3.09. The number of nitrogens with two attached hydrogens (primary N) is 1. The Hall–Kier alpha value is -1.93. The van der Waals surface area contributed by atoms with Crippen LogP contribution in [-0.2, 0) is 4.74 Å². The highest BCUT2D eigenvalue weighted by molar-refractivity contribution is 5.52. The maximum absolute atomic E-state index is 6.14. The number of hydrogen-bond acceptors (Lipinski definition) is 7. The molecule has 0 atom stereocenters. The molecule has 1 aliphatic heterocycles. The van der Waals surface area contributed by atoms with Crippen molar-refractivity contribution in [1.82, 2.24) is 19.6 Å². The minimum Gasteiger partial charge on any atom is -0.460 e. The molecular formula is C15H22N6O2. The van der Waals surface area contributed by atoms with Gasteiger partial charge in [-0.2, -0.15) is 14.6 Å². The van der Waals surface area contributed by atoms with Crippen molar-refractivity contribution in [3.63, 3.8) is 0 Å². The summed E-state index contributed by atoms with van der Waals surface area (Å²) < 4.78 is 13.2.